The molecule has 0 aromatic heterocycles. The van der Waals surface area contributed by atoms with Crippen LogP contribution < -0.4 is 5.32 Å². The molecule has 2 amide bonds. The van der Waals surface area contributed by atoms with Crippen molar-refractivity contribution >= 4 is 12.0 Å². The smallest absolute Gasteiger partial charge is 0.317 e. The van der Waals surface area contributed by atoms with Crippen molar-refractivity contribution < 1.29 is 19.4 Å². The van der Waals surface area contributed by atoms with E-state index < -0.39 is 11.4 Å². The maximum atomic E-state index is 11.9. The fraction of sp³-hybridized carbons (Fsp3) is 0.769. The zero-order valence-electron chi connectivity index (χ0n) is 11.9. The zero-order valence-corrected chi connectivity index (χ0v) is 11.9. The van der Waals surface area contributed by atoms with Gasteiger partial charge in [0.25, 0.3) is 0 Å². The van der Waals surface area contributed by atoms with Crippen molar-refractivity contribution in [1.82, 2.24) is 10.2 Å². The second-order valence-corrected chi connectivity index (χ2v) is 5.27. The van der Waals surface area contributed by atoms with Crippen LogP contribution in [0.5, 0.6) is 0 Å². The Kier molecular flexibility index (Phi) is 5.77. The van der Waals surface area contributed by atoms with Gasteiger partial charge < -0.3 is 20.1 Å². The molecule has 1 rings (SSSR count). The minimum absolute atomic E-state index is 0.0792. The molecule has 0 saturated carbocycles. The number of amides is 2. The summed E-state index contributed by atoms with van der Waals surface area (Å²) < 4.78 is 5.17. The van der Waals surface area contributed by atoms with Crippen LogP contribution in [0.3, 0.4) is 0 Å². The number of carbonyl (C=O) groups is 2. The van der Waals surface area contributed by atoms with Gasteiger partial charge in [-0.3, -0.25) is 4.79 Å². The number of aliphatic carboxylic acids is 1. The monoisotopic (exact) mass is 283 g/mol. The molecule has 0 aromatic rings. The average Bonchev–Trinajstić information content (AvgIpc) is 2.45. The van der Waals surface area contributed by atoms with E-state index in [1.807, 2.05) is 6.07 Å². The minimum Gasteiger partial charge on any atom is -0.481 e. The number of nitrogens with one attached hydrogen (secondary N) is 1. The zero-order chi connectivity index (χ0) is 15.2. The fourth-order valence-corrected chi connectivity index (χ4v) is 2.14. The van der Waals surface area contributed by atoms with Crippen LogP contribution in [0, 0.1) is 22.7 Å². The summed E-state index contributed by atoms with van der Waals surface area (Å²) in [5, 5.41) is 20.7. The van der Waals surface area contributed by atoms with Crippen molar-refractivity contribution in [2.45, 2.75) is 19.8 Å². The number of hydrogen-bond donors (Lipinski definition) is 2. The predicted molar refractivity (Wildman–Crippen MR) is 70.9 cm³/mol. The molecule has 7 nitrogen and oxygen atoms in total. The van der Waals surface area contributed by atoms with Crippen molar-refractivity contribution in [2.24, 2.45) is 11.3 Å². The van der Waals surface area contributed by atoms with Crippen LogP contribution in [0.1, 0.15) is 19.8 Å². The van der Waals surface area contributed by atoms with E-state index in [2.05, 4.69) is 5.32 Å². The average molecular weight is 283 g/mol. The van der Waals surface area contributed by atoms with Gasteiger partial charge in [-0.1, -0.05) is 0 Å². The Hall–Kier alpha value is -1.81. The van der Waals surface area contributed by atoms with Gasteiger partial charge in [-0.15, -0.1) is 0 Å². The summed E-state index contributed by atoms with van der Waals surface area (Å²) >= 11 is 0. The summed E-state index contributed by atoms with van der Waals surface area (Å²) in [5.74, 6) is -1.17. The summed E-state index contributed by atoms with van der Waals surface area (Å²) in [6, 6.07) is 1.69. The lowest BCUT2D eigenvalue weighted by Gasteiger charge is -2.33. The van der Waals surface area contributed by atoms with Gasteiger partial charge in [0.15, 0.2) is 0 Å². The third-order valence-corrected chi connectivity index (χ3v) is 3.60. The summed E-state index contributed by atoms with van der Waals surface area (Å²) in [6.45, 7) is 2.90. The van der Waals surface area contributed by atoms with Crippen molar-refractivity contribution in [2.75, 3.05) is 33.4 Å². The number of nitrogens with zero attached hydrogens (tertiary/aromatic N) is 2. The van der Waals surface area contributed by atoms with Crippen LogP contribution in [0.4, 0.5) is 4.79 Å². The third kappa shape index (κ3) is 4.10. The minimum atomic E-state index is -0.949. The summed E-state index contributed by atoms with van der Waals surface area (Å²) in [6.07, 6.45) is 0.780. The molecule has 0 bridgehead atoms. The van der Waals surface area contributed by atoms with Gasteiger partial charge in [0.1, 0.15) is 0 Å². The van der Waals surface area contributed by atoms with Gasteiger partial charge in [-0.2, -0.15) is 5.26 Å². The van der Waals surface area contributed by atoms with E-state index in [1.165, 1.54) is 4.90 Å². The second kappa shape index (κ2) is 7.10. The highest BCUT2D eigenvalue weighted by Gasteiger charge is 2.40. The Morgan fingerprint density at radius 2 is 2.10 bits per heavy atom. The van der Waals surface area contributed by atoms with Gasteiger partial charge >= 0.3 is 12.0 Å². The fourth-order valence-electron chi connectivity index (χ4n) is 2.14. The Balaban J connectivity index is 2.53. The molecule has 0 aliphatic carbocycles. The van der Waals surface area contributed by atoms with Crippen LogP contribution in [0.25, 0.3) is 0 Å². The van der Waals surface area contributed by atoms with E-state index in [1.54, 1.807) is 14.0 Å². The number of carboxylic acids is 1. The highest BCUT2D eigenvalue weighted by Crippen LogP contribution is 2.30. The molecule has 1 atom stereocenters. The molecule has 1 saturated heterocycles. The molecule has 0 radical (unpaired) electrons. The summed E-state index contributed by atoms with van der Waals surface area (Å²) in [5.41, 5.74) is -0.949. The molecule has 112 valence electrons. The number of carbonyl (C=O) groups excluding carboxylic acids is 1. The maximum Gasteiger partial charge on any atom is 0.317 e. The lowest BCUT2D eigenvalue weighted by Crippen LogP contribution is -2.49. The molecule has 20 heavy (non-hydrogen) atoms. The van der Waals surface area contributed by atoms with E-state index in [0.29, 0.717) is 32.6 Å². The van der Waals surface area contributed by atoms with E-state index in [9.17, 15) is 14.7 Å². The van der Waals surface area contributed by atoms with Crippen LogP contribution >= 0.6 is 0 Å². The molecule has 2 N–H and O–H groups in total. The predicted octanol–water partition coefficient (Wildman–Crippen LogP) is 0.669. The molecule has 1 heterocycles. The first kappa shape index (κ1) is 16.2. The Morgan fingerprint density at radius 3 is 2.60 bits per heavy atom. The van der Waals surface area contributed by atoms with Gasteiger partial charge in [0.05, 0.1) is 17.4 Å². The SMILES string of the molecule is CC(C#N)CN(C)C(=O)NCC1(C(=O)O)CCOCC1. The van der Waals surface area contributed by atoms with E-state index >= 15 is 0 Å². The number of rotatable bonds is 5. The number of ether oxygens (including phenoxy) is 1. The normalized spacial score (nSPS) is 18.6. The van der Waals surface area contributed by atoms with Crippen molar-refractivity contribution in [3.8, 4) is 6.07 Å². The largest absolute Gasteiger partial charge is 0.481 e. The maximum absolute atomic E-state index is 11.9. The second-order valence-electron chi connectivity index (χ2n) is 5.27. The number of urea groups is 1. The molecule has 7 heteroatoms. The van der Waals surface area contributed by atoms with Crippen molar-refractivity contribution in [1.29, 1.82) is 5.26 Å². The Morgan fingerprint density at radius 1 is 1.50 bits per heavy atom. The molecule has 0 spiro atoms. The van der Waals surface area contributed by atoms with E-state index in [4.69, 9.17) is 10.00 Å². The quantitative estimate of drug-likeness (QED) is 0.772. The number of nitriles is 1. The van der Waals surface area contributed by atoms with Crippen LogP contribution in [-0.4, -0.2) is 55.4 Å². The number of hydrogen-bond acceptors (Lipinski definition) is 4. The molecule has 1 unspecified atom stereocenters. The van der Waals surface area contributed by atoms with Crippen LogP contribution in [0.2, 0.25) is 0 Å². The van der Waals surface area contributed by atoms with Crippen LogP contribution in [0.15, 0.2) is 0 Å². The van der Waals surface area contributed by atoms with Gasteiger partial charge in [-0.25, -0.2) is 4.79 Å². The highest BCUT2D eigenvalue weighted by molar-refractivity contribution is 5.78. The van der Waals surface area contributed by atoms with Gasteiger partial charge in [-0.05, 0) is 19.8 Å². The van der Waals surface area contributed by atoms with E-state index in [-0.39, 0.29) is 18.5 Å². The first-order valence-corrected chi connectivity index (χ1v) is 6.61. The summed E-state index contributed by atoms with van der Waals surface area (Å²) in [4.78, 5) is 24.7. The van der Waals surface area contributed by atoms with Gasteiger partial charge in [0, 0.05) is 33.4 Å². The number of carboxylic acid groups (broad SMARTS) is 1. The Bertz CT molecular complexity index is 399. The van der Waals surface area contributed by atoms with Crippen LogP contribution in [-0.2, 0) is 9.53 Å². The molecule has 1 aliphatic heterocycles. The summed E-state index contributed by atoms with van der Waals surface area (Å²) in [7, 11) is 1.58. The third-order valence-electron chi connectivity index (χ3n) is 3.60. The first-order valence-electron chi connectivity index (χ1n) is 6.61. The highest BCUT2D eigenvalue weighted by atomic mass is 16.5. The molecular formula is C13H21N3O4. The van der Waals surface area contributed by atoms with E-state index in [0.717, 1.165) is 0 Å². The molecule has 1 fully saturated rings. The first-order chi connectivity index (χ1) is 9.41. The standard InChI is InChI=1S/C13H21N3O4/c1-10(7-14)8-16(2)12(19)15-9-13(11(17)18)3-5-20-6-4-13/h10H,3-6,8-9H2,1-2H3,(H,15,19)(H,17,18). The topological polar surface area (TPSA) is 103 Å². The molecular weight excluding hydrogens is 262 g/mol. The Labute approximate surface area is 118 Å². The lowest BCUT2D eigenvalue weighted by atomic mass is 9.80. The van der Waals surface area contributed by atoms with Gasteiger partial charge in [0.2, 0.25) is 0 Å². The lowest BCUT2D eigenvalue weighted by molar-refractivity contribution is -0.154. The molecule has 0 aromatic carbocycles. The van der Waals surface area contributed by atoms with Crippen molar-refractivity contribution in [3.63, 3.8) is 0 Å². The molecule has 1 aliphatic rings. The van der Waals surface area contributed by atoms with Crippen molar-refractivity contribution in [3.05, 3.63) is 0 Å².